The van der Waals surface area contributed by atoms with Crippen molar-refractivity contribution in [2.24, 2.45) is 17.8 Å². The maximum atomic E-state index is 12.7. The fourth-order valence-electron chi connectivity index (χ4n) is 5.97. The van der Waals surface area contributed by atoms with E-state index >= 15 is 0 Å². The minimum Gasteiger partial charge on any atom is -0.483 e. The van der Waals surface area contributed by atoms with E-state index in [0.717, 1.165) is 37.0 Å². The van der Waals surface area contributed by atoms with Crippen LogP contribution in [0, 0.1) is 17.8 Å². The lowest BCUT2D eigenvalue weighted by Crippen LogP contribution is -2.60. The number of hydrogen-bond donors (Lipinski definition) is 2. The van der Waals surface area contributed by atoms with Gasteiger partial charge in [-0.1, -0.05) is 12.1 Å². The molecule has 6 nitrogen and oxygen atoms in total. The molecule has 0 aliphatic heterocycles. The van der Waals surface area contributed by atoms with E-state index in [0.29, 0.717) is 16.4 Å². The topological polar surface area (TPSA) is 80.3 Å². The molecule has 29 heavy (non-hydrogen) atoms. The zero-order valence-corrected chi connectivity index (χ0v) is 17.0. The summed E-state index contributed by atoms with van der Waals surface area (Å²) in [5, 5.41) is 8.39. The third kappa shape index (κ3) is 3.88. The summed E-state index contributed by atoms with van der Waals surface area (Å²) in [7, 11) is 0. The number of nitrogens with one attached hydrogen (secondary N) is 2. The van der Waals surface area contributed by atoms with Crippen molar-refractivity contribution in [2.75, 3.05) is 11.9 Å². The van der Waals surface area contributed by atoms with Crippen molar-refractivity contribution in [3.05, 3.63) is 41.4 Å². The van der Waals surface area contributed by atoms with Crippen LogP contribution in [-0.4, -0.2) is 28.9 Å². The van der Waals surface area contributed by atoms with Crippen LogP contribution in [0.1, 0.15) is 48.9 Å². The Morgan fingerprint density at radius 2 is 1.79 bits per heavy atom. The van der Waals surface area contributed by atoms with Gasteiger partial charge in [0.25, 0.3) is 11.8 Å². The van der Waals surface area contributed by atoms with Crippen molar-refractivity contribution >= 4 is 28.3 Å². The Kier molecular flexibility index (Phi) is 4.78. The van der Waals surface area contributed by atoms with Gasteiger partial charge in [0.05, 0.1) is 5.56 Å². The molecule has 2 N–H and O–H groups in total. The molecular weight excluding hydrogens is 386 g/mol. The van der Waals surface area contributed by atoms with Crippen LogP contribution in [0.2, 0.25) is 0 Å². The zero-order valence-electron chi connectivity index (χ0n) is 16.2. The van der Waals surface area contributed by atoms with E-state index < -0.39 is 0 Å². The van der Waals surface area contributed by atoms with Gasteiger partial charge in [0.15, 0.2) is 11.7 Å². The highest BCUT2D eigenvalue weighted by atomic mass is 32.1. The standard InChI is InChI=1S/C22H25N3O3S/c26-19(25-22-10-14-7-15(11-22)9-16(8-14)12-22)13-28-18-4-2-1-3-17(18)20(27)24-21-23-5-6-29-21/h1-6,14-16H,7-13H2,(H,25,26)(H,23,24,27). The molecule has 4 fully saturated rings. The van der Waals surface area contributed by atoms with Crippen LogP contribution in [0.4, 0.5) is 5.13 Å². The summed E-state index contributed by atoms with van der Waals surface area (Å²) in [5.41, 5.74) is 0.363. The number of para-hydroxylation sites is 1. The number of anilines is 1. The molecule has 4 aliphatic rings. The van der Waals surface area contributed by atoms with Crippen LogP contribution in [-0.2, 0) is 4.79 Å². The molecule has 4 bridgehead atoms. The summed E-state index contributed by atoms with van der Waals surface area (Å²) in [6, 6.07) is 6.98. The second-order valence-electron chi connectivity index (χ2n) is 8.82. The highest BCUT2D eigenvalue weighted by molar-refractivity contribution is 7.13. The first-order chi connectivity index (χ1) is 14.1. The second kappa shape index (κ2) is 7.44. The number of aromatic nitrogens is 1. The van der Waals surface area contributed by atoms with Gasteiger partial charge >= 0.3 is 0 Å². The molecule has 1 aromatic carbocycles. The Labute approximate surface area is 174 Å². The average molecular weight is 412 g/mol. The summed E-state index contributed by atoms with van der Waals surface area (Å²) in [6.07, 6.45) is 8.98. The number of hydrogen-bond acceptors (Lipinski definition) is 5. The molecule has 6 rings (SSSR count). The number of benzene rings is 1. The van der Waals surface area contributed by atoms with Crippen molar-refractivity contribution in [2.45, 2.75) is 44.1 Å². The zero-order chi connectivity index (χ0) is 19.8. The van der Waals surface area contributed by atoms with Crippen molar-refractivity contribution in [3.63, 3.8) is 0 Å². The molecular formula is C22H25N3O3S. The van der Waals surface area contributed by atoms with Crippen LogP contribution in [0.3, 0.4) is 0 Å². The molecule has 1 aromatic heterocycles. The number of carbonyl (C=O) groups excluding carboxylic acids is 2. The smallest absolute Gasteiger partial charge is 0.261 e. The summed E-state index contributed by atoms with van der Waals surface area (Å²) < 4.78 is 5.76. The van der Waals surface area contributed by atoms with E-state index in [4.69, 9.17) is 4.74 Å². The largest absolute Gasteiger partial charge is 0.483 e. The highest BCUT2D eigenvalue weighted by Crippen LogP contribution is 2.55. The minimum absolute atomic E-state index is 0.0308. The van der Waals surface area contributed by atoms with Gasteiger partial charge in [-0.25, -0.2) is 4.98 Å². The summed E-state index contributed by atoms with van der Waals surface area (Å²) >= 11 is 1.35. The van der Waals surface area contributed by atoms with Crippen molar-refractivity contribution in [1.29, 1.82) is 0 Å². The van der Waals surface area contributed by atoms with Gasteiger partial charge < -0.3 is 10.1 Å². The van der Waals surface area contributed by atoms with Gasteiger partial charge in [0.1, 0.15) is 5.75 Å². The van der Waals surface area contributed by atoms with Crippen LogP contribution in [0.15, 0.2) is 35.8 Å². The van der Waals surface area contributed by atoms with Gasteiger partial charge in [0.2, 0.25) is 0 Å². The predicted molar refractivity (Wildman–Crippen MR) is 111 cm³/mol. The average Bonchev–Trinajstić information content (AvgIpc) is 3.18. The Hall–Kier alpha value is -2.41. The molecule has 7 heteroatoms. The lowest BCUT2D eigenvalue weighted by atomic mass is 9.53. The maximum absolute atomic E-state index is 12.7. The Bertz CT molecular complexity index is 877. The van der Waals surface area contributed by atoms with Gasteiger partial charge in [0, 0.05) is 17.1 Å². The SMILES string of the molecule is O=C(COc1ccccc1C(=O)Nc1nccs1)NC12CC3CC(CC(C3)C1)C2. The molecule has 4 saturated carbocycles. The predicted octanol–water partition coefficient (Wildman–Crippen LogP) is 3.86. The number of amides is 2. The van der Waals surface area contributed by atoms with Gasteiger partial charge in [-0.05, 0) is 68.4 Å². The Morgan fingerprint density at radius 1 is 1.10 bits per heavy atom. The Balaban J connectivity index is 1.22. The third-order valence-corrected chi connectivity index (χ3v) is 7.27. The quantitative estimate of drug-likeness (QED) is 0.756. The normalized spacial score (nSPS) is 29.4. The lowest BCUT2D eigenvalue weighted by molar-refractivity contribution is -0.128. The van der Waals surface area contributed by atoms with E-state index in [1.165, 1.54) is 30.6 Å². The van der Waals surface area contributed by atoms with Gasteiger partial charge in [-0.3, -0.25) is 14.9 Å². The molecule has 152 valence electrons. The third-order valence-electron chi connectivity index (χ3n) is 6.59. The van der Waals surface area contributed by atoms with Crippen LogP contribution in [0.25, 0.3) is 0 Å². The number of ether oxygens (including phenoxy) is 1. The number of carbonyl (C=O) groups is 2. The van der Waals surface area contributed by atoms with Crippen molar-refractivity contribution < 1.29 is 14.3 Å². The molecule has 2 aromatic rings. The maximum Gasteiger partial charge on any atom is 0.261 e. The molecule has 0 spiro atoms. The van der Waals surface area contributed by atoms with Crippen LogP contribution in [0.5, 0.6) is 5.75 Å². The molecule has 0 saturated heterocycles. The van der Waals surface area contributed by atoms with Crippen LogP contribution < -0.4 is 15.4 Å². The number of nitrogens with zero attached hydrogens (tertiary/aromatic N) is 1. The van der Waals surface area contributed by atoms with Crippen LogP contribution >= 0.6 is 11.3 Å². The van der Waals surface area contributed by atoms with E-state index in [1.54, 1.807) is 35.8 Å². The van der Waals surface area contributed by atoms with Gasteiger partial charge in [-0.2, -0.15) is 0 Å². The molecule has 0 atom stereocenters. The number of rotatable bonds is 6. The number of thiazole rings is 1. The molecule has 2 amide bonds. The van der Waals surface area contributed by atoms with E-state index in [2.05, 4.69) is 15.6 Å². The molecule has 4 aliphatic carbocycles. The molecule has 0 unspecified atom stereocenters. The summed E-state index contributed by atoms with van der Waals surface area (Å²) in [4.78, 5) is 29.3. The van der Waals surface area contributed by atoms with Crippen molar-refractivity contribution in [3.8, 4) is 5.75 Å². The molecule has 1 heterocycles. The monoisotopic (exact) mass is 411 g/mol. The Morgan fingerprint density at radius 3 is 2.45 bits per heavy atom. The second-order valence-corrected chi connectivity index (χ2v) is 9.72. The van der Waals surface area contributed by atoms with Gasteiger partial charge in [-0.15, -0.1) is 11.3 Å². The fourth-order valence-corrected chi connectivity index (χ4v) is 6.49. The lowest BCUT2D eigenvalue weighted by Gasteiger charge is -2.56. The first kappa shape index (κ1) is 18.6. The molecule has 0 radical (unpaired) electrons. The first-order valence-electron chi connectivity index (χ1n) is 10.3. The fraction of sp³-hybridized carbons (Fsp3) is 0.500. The minimum atomic E-state index is -0.294. The van der Waals surface area contributed by atoms with E-state index in [-0.39, 0.29) is 24.0 Å². The summed E-state index contributed by atoms with van der Waals surface area (Å²) in [5.74, 6) is 2.34. The van der Waals surface area contributed by atoms with E-state index in [1.807, 2.05) is 0 Å². The first-order valence-corrected chi connectivity index (χ1v) is 11.2. The van der Waals surface area contributed by atoms with Crippen molar-refractivity contribution in [1.82, 2.24) is 10.3 Å². The highest BCUT2D eigenvalue weighted by Gasteiger charge is 2.51. The summed E-state index contributed by atoms with van der Waals surface area (Å²) in [6.45, 7) is -0.0801. The van der Waals surface area contributed by atoms with E-state index in [9.17, 15) is 9.59 Å².